The third-order valence-electron chi connectivity index (χ3n) is 3.58. The molecule has 3 N–H and O–H groups in total. The molecular formula is C17H16N4O3. The average Bonchev–Trinajstić information content (AvgIpc) is 2.61. The molecule has 3 aromatic rings. The van der Waals surface area contributed by atoms with E-state index < -0.39 is 5.56 Å². The van der Waals surface area contributed by atoms with Crippen LogP contribution in [0.2, 0.25) is 0 Å². The van der Waals surface area contributed by atoms with Crippen molar-refractivity contribution >= 4 is 22.6 Å². The van der Waals surface area contributed by atoms with E-state index in [9.17, 15) is 15.1 Å². The maximum atomic E-state index is 12.1. The van der Waals surface area contributed by atoms with Crippen molar-refractivity contribution in [2.45, 2.75) is 13.3 Å². The predicted molar refractivity (Wildman–Crippen MR) is 91.7 cm³/mol. The molecule has 0 saturated heterocycles. The van der Waals surface area contributed by atoms with Gasteiger partial charge < -0.3 is 10.3 Å². The van der Waals surface area contributed by atoms with Crippen LogP contribution in [0.1, 0.15) is 18.9 Å². The number of phenols is 1. The molecule has 0 spiro atoms. The molecule has 0 aliphatic carbocycles. The van der Waals surface area contributed by atoms with Gasteiger partial charge in [-0.3, -0.25) is 4.79 Å². The van der Waals surface area contributed by atoms with Crippen molar-refractivity contribution in [3.05, 3.63) is 64.4 Å². The van der Waals surface area contributed by atoms with Crippen LogP contribution in [0.15, 0.2) is 58.4 Å². The second kappa shape index (κ2) is 6.41. The summed E-state index contributed by atoms with van der Waals surface area (Å²) in [5.41, 5.74) is 4.04. The Morgan fingerprint density at radius 2 is 1.92 bits per heavy atom. The molecule has 0 unspecified atom stereocenters. The molecular weight excluding hydrogens is 308 g/mol. The summed E-state index contributed by atoms with van der Waals surface area (Å²) in [5.74, 6) is 0.103. The third kappa shape index (κ3) is 2.91. The van der Waals surface area contributed by atoms with Crippen LogP contribution in [0.25, 0.3) is 10.9 Å². The molecule has 0 radical (unpaired) electrons. The first-order valence-electron chi connectivity index (χ1n) is 7.43. The molecule has 3 rings (SSSR count). The molecule has 1 heterocycles. The van der Waals surface area contributed by atoms with E-state index in [0.717, 1.165) is 5.56 Å². The van der Waals surface area contributed by atoms with Crippen molar-refractivity contribution in [1.29, 1.82) is 0 Å². The molecule has 7 nitrogen and oxygen atoms in total. The molecule has 24 heavy (non-hydrogen) atoms. The van der Waals surface area contributed by atoms with Gasteiger partial charge in [0.25, 0.3) is 11.5 Å². The van der Waals surface area contributed by atoms with E-state index in [2.05, 4.69) is 15.5 Å². The van der Waals surface area contributed by atoms with Crippen molar-refractivity contribution in [3.63, 3.8) is 0 Å². The Morgan fingerprint density at radius 1 is 1.21 bits per heavy atom. The number of phenolic OH excluding ortho intramolecular Hbond substituents is 1. The molecule has 0 amide bonds. The van der Waals surface area contributed by atoms with Crippen LogP contribution in [-0.2, 0) is 0 Å². The lowest BCUT2D eigenvalue weighted by atomic mass is 10.1. The number of anilines is 1. The van der Waals surface area contributed by atoms with E-state index in [1.807, 2.05) is 6.92 Å². The maximum Gasteiger partial charge on any atom is 0.295 e. The van der Waals surface area contributed by atoms with Gasteiger partial charge in [-0.05, 0) is 48.4 Å². The number of nitrogens with one attached hydrogen (secondary N) is 1. The number of benzene rings is 2. The Morgan fingerprint density at radius 3 is 2.62 bits per heavy atom. The molecule has 7 heteroatoms. The second-order valence-electron chi connectivity index (χ2n) is 5.14. The van der Waals surface area contributed by atoms with Crippen molar-refractivity contribution < 1.29 is 10.3 Å². The summed E-state index contributed by atoms with van der Waals surface area (Å²) in [4.78, 5) is 16.3. The minimum absolute atomic E-state index is 0.0663. The van der Waals surface area contributed by atoms with E-state index in [4.69, 9.17) is 0 Å². The first-order chi connectivity index (χ1) is 11.6. The first kappa shape index (κ1) is 15.5. The number of fused-ring (bicyclic) bond motifs is 1. The SMILES string of the molecule is CC/C(=N/Nc1nc2ccccc2c(=O)n1O)c1ccc(O)cc1. The normalized spacial score (nSPS) is 11.6. The van der Waals surface area contributed by atoms with Gasteiger partial charge in [-0.15, -0.1) is 4.73 Å². The summed E-state index contributed by atoms with van der Waals surface area (Å²) in [5, 5.41) is 23.9. The Kier molecular flexibility index (Phi) is 4.15. The fourth-order valence-electron chi connectivity index (χ4n) is 2.32. The Hall–Kier alpha value is -3.35. The predicted octanol–water partition coefficient (Wildman–Crippen LogP) is 2.57. The number of rotatable bonds is 4. The summed E-state index contributed by atoms with van der Waals surface area (Å²) in [6.07, 6.45) is 0.612. The van der Waals surface area contributed by atoms with Crippen molar-refractivity contribution in [2.24, 2.45) is 5.10 Å². The van der Waals surface area contributed by atoms with E-state index in [1.54, 1.807) is 48.5 Å². The van der Waals surface area contributed by atoms with Crippen LogP contribution in [0.3, 0.4) is 0 Å². The number of aromatic hydroxyl groups is 1. The first-order valence-corrected chi connectivity index (χ1v) is 7.43. The van der Waals surface area contributed by atoms with E-state index in [0.29, 0.717) is 27.8 Å². The molecule has 0 aliphatic rings. The Bertz CT molecular complexity index is 962. The van der Waals surface area contributed by atoms with Crippen LogP contribution in [0.4, 0.5) is 5.95 Å². The molecule has 122 valence electrons. The fourth-order valence-corrected chi connectivity index (χ4v) is 2.32. The summed E-state index contributed by atoms with van der Waals surface area (Å²) in [7, 11) is 0. The van der Waals surface area contributed by atoms with Gasteiger partial charge in [0.1, 0.15) is 5.75 Å². The molecule has 0 atom stereocenters. The summed E-state index contributed by atoms with van der Waals surface area (Å²) in [6, 6.07) is 13.4. The van der Waals surface area contributed by atoms with Crippen LogP contribution in [-0.4, -0.2) is 25.7 Å². The highest BCUT2D eigenvalue weighted by Gasteiger charge is 2.09. The number of hydrogen-bond acceptors (Lipinski definition) is 6. The van der Waals surface area contributed by atoms with E-state index in [1.165, 1.54) is 0 Å². The monoisotopic (exact) mass is 324 g/mol. The van der Waals surface area contributed by atoms with Crippen molar-refractivity contribution in [2.75, 3.05) is 5.43 Å². The number of nitrogens with zero attached hydrogens (tertiary/aromatic N) is 3. The van der Waals surface area contributed by atoms with Gasteiger partial charge in [0.05, 0.1) is 16.6 Å². The largest absolute Gasteiger partial charge is 0.508 e. The number of hydrazone groups is 1. The minimum atomic E-state index is -0.569. The standard InChI is InChI=1S/C17H16N4O3/c1-2-14(11-7-9-12(22)10-8-11)19-20-17-18-15-6-4-3-5-13(15)16(23)21(17)24/h3-10,22,24H,2H2,1H3,(H,18,20)/b19-14-. The quantitative estimate of drug-likeness (QED) is 0.389. The number of aromatic nitrogens is 2. The fraction of sp³-hybridized carbons (Fsp3) is 0.118. The zero-order valence-electron chi connectivity index (χ0n) is 13.0. The topological polar surface area (TPSA) is 99.7 Å². The molecule has 0 bridgehead atoms. The van der Waals surface area contributed by atoms with Crippen LogP contribution >= 0.6 is 0 Å². The maximum absolute atomic E-state index is 12.1. The molecule has 0 aliphatic heterocycles. The number of hydrogen-bond donors (Lipinski definition) is 3. The van der Waals surface area contributed by atoms with Gasteiger partial charge in [-0.1, -0.05) is 19.1 Å². The highest BCUT2D eigenvalue weighted by Crippen LogP contribution is 2.13. The van der Waals surface area contributed by atoms with E-state index in [-0.39, 0.29) is 11.7 Å². The summed E-state index contributed by atoms with van der Waals surface area (Å²) < 4.78 is 0.440. The zero-order valence-corrected chi connectivity index (χ0v) is 13.0. The van der Waals surface area contributed by atoms with E-state index >= 15 is 0 Å². The second-order valence-corrected chi connectivity index (χ2v) is 5.14. The van der Waals surface area contributed by atoms with Crippen LogP contribution < -0.4 is 11.0 Å². The summed E-state index contributed by atoms with van der Waals surface area (Å²) >= 11 is 0. The lowest BCUT2D eigenvalue weighted by molar-refractivity contribution is 0.179. The highest BCUT2D eigenvalue weighted by molar-refractivity contribution is 6.00. The van der Waals surface area contributed by atoms with Gasteiger partial charge in [-0.25, -0.2) is 10.4 Å². The van der Waals surface area contributed by atoms with Gasteiger partial charge in [0.15, 0.2) is 0 Å². The van der Waals surface area contributed by atoms with Crippen molar-refractivity contribution in [1.82, 2.24) is 9.71 Å². The Labute approximate surface area is 137 Å². The lowest BCUT2D eigenvalue weighted by Gasteiger charge is -2.08. The van der Waals surface area contributed by atoms with Crippen molar-refractivity contribution in [3.8, 4) is 5.75 Å². The molecule has 2 aromatic carbocycles. The summed E-state index contributed by atoms with van der Waals surface area (Å²) in [6.45, 7) is 1.92. The molecule has 0 fully saturated rings. The molecule has 1 aromatic heterocycles. The Balaban J connectivity index is 1.98. The lowest BCUT2D eigenvalue weighted by Crippen LogP contribution is -2.22. The third-order valence-corrected chi connectivity index (χ3v) is 3.58. The van der Waals surface area contributed by atoms with Gasteiger partial charge >= 0.3 is 0 Å². The highest BCUT2D eigenvalue weighted by atomic mass is 16.5. The van der Waals surface area contributed by atoms with Gasteiger partial charge in [-0.2, -0.15) is 5.10 Å². The van der Waals surface area contributed by atoms with Crippen LogP contribution in [0, 0.1) is 0 Å². The molecule has 0 saturated carbocycles. The smallest absolute Gasteiger partial charge is 0.295 e. The van der Waals surface area contributed by atoms with Crippen LogP contribution in [0.5, 0.6) is 5.75 Å². The number of para-hydroxylation sites is 1. The zero-order chi connectivity index (χ0) is 17.1. The minimum Gasteiger partial charge on any atom is -0.508 e. The van der Waals surface area contributed by atoms with Gasteiger partial charge in [0.2, 0.25) is 0 Å². The average molecular weight is 324 g/mol. The van der Waals surface area contributed by atoms with Gasteiger partial charge in [0, 0.05) is 0 Å².